The largest absolute Gasteiger partial charge is 0.478 e. The number of carbonyl (C=O) groups is 2. The Kier molecular flexibility index (Phi) is 7.74. The number of hydrogen-bond acceptors (Lipinski definition) is 5. The van der Waals surface area contributed by atoms with Gasteiger partial charge < -0.3 is 19.7 Å². The Morgan fingerprint density at radius 3 is 2.49 bits per heavy atom. The van der Waals surface area contributed by atoms with E-state index in [-0.39, 0.29) is 17.5 Å². The van der Waals surface area contributed by atoms with E-state index in [0.29, 0.717) is 30.2 Å². The van der Waals surface area contributed by atoms with Crippen molar-refractivity contribution in [3.8, 4) is 0 Å². The van der Waals surface area contributed by atoms with Crippen molar-refractivity contribution >= 4 is 46.6 Å². The van der Waals surface area contributed by atoms with Crippen molar-refractivity contribution in [1.29, 1.82) is 0 Å². The van der Waals surface area contributed by atoms with Crippen LogP contribution in [0.1, 0.15) is 55.9 Å². The second-order valence-electron chi connectivity index (χ2n) is 9.32. The number of halogens is 1. The summed E-state index contributed by atoms with van der Waals surface area (Å²) in [5.74, 6) is -3.32. The molecule has 3 aromatic carbocycles. The van der Waals surface area contributed by atoms with Crippen LogP contribution in [0.25, 0.3) is 23.1 Å². The van der Waals surface area contributed by atoms with Gasteiger partial charge in [0.1, 0.15) is 0 Å². The van der Waals surface area contributed by atoms with Crippen molar-refractivity contribution in [2.75, 3.05) is 13.2 Å². The molecular formula is C31H26ClNO6. The number of pyridine rings is 1. The maximum absolute atomic E-state index is 11.8. The van der Waals surface area contributed by atoms with Crippen LogP contribution in [0, 0.1) is 0 Å². The number of benzene rings is 3. The summed E-state index contributed by atoms with van der Waals surface area (Å²) >= 11 is 6.12. The molecule has 0 aliphatic carbocycles. The maximum Gasteiger partial charge on any atom is 0.335 e. The molecule has 0 radical (unpaired) electrons. The number of aryl methyl sites for hydroxylation is 1. The van der Waals surface area contributed by atoms with Crippen molar-refractivity contribution < 1.29 is 29.3 Å². The Morgan fingerprint density at radius 1 is 0.923 bits per heavy atom. The molecule has 7 nitrogen and oxygen atoms in total. The number of carboxylic acids is 2. The molecule has 2 N–H and O–H groups in total. The lowest BCUT2D eigenvalue weighted by molar-refractivity contribution is -0.279. The van der Waals surface area contributed by atoms with Crippen molar-refractivity contribution in [3.05, 3.63) is 111 Å². The molecule has 0 saturated carbocycles. The molecular weight excluding hydrogens is 518 g/mol. The van der Waals surface area contributed by atoms with Crippen molar-refractivity contribution in [2.45, 2.75) is 25.0 Å². The molecule has 5 rings (SSSR count). The quantitative estimate of drug-likeness (QED) is 0.255. The molecule has 39 heavy (non-hydrogen) atoms. The zero-order valence-corrected chi connectivity index (χ0v) is 21.7. The van der Waals surface area contributed by atoms with E-state index in [1.54, 1.807) is 0 Å². The molecule has 0 atom stereocenters. The van der Waals surface area contributed by atoms with Gasteiger partial charge in [0.15, 0.2) is 5.79 Å². The fraction of sp³-hybridized carbons (Fsp3) is 0.194. The second kappa shape index (κ2) is 11.4. The van der Waals surface area contributed by atoms with Crippen LogP contribution in [0.3, 0.4) is 0 Å². The Hall–Kier alpha value is -4.04. The average molecular weight is 544 g/mol. The van der Waals surface area contributed by atoms with Crippen LogP contribution >= 0.6 is 11.6 Å². The maximum atomic E-state index is 11.8. The number of hydrogen-bond donors (Lipinski definition) is 2. The minimum Gasteiger partial charge on any atom is -0.478 e. The van der Waals surface area contributed by atoms with E-state index >= 15 is 0 Å². The van der Waals surface area contributed by atoms with E-state index in [2.05, 4.69) is 4.98 Å². The first-order chi connectivity index (χ1) is 18.8. The number of nitrogens with zero attached hydrogens (tertiary/aromatic N) is 1. The lowest BCUT2D eigenvalue weighted by atomic mass is 9.92. The van der Waals surface area contributed by atoms with Gasteiger partial charge in [-0.3, -0.25) is 0 Å². The highest BCUT2D eigenvalue weighted by Crippen LogP contribution is 2.36. The highest BCUT2D eigenvalue weighted by molar-refractivity contribution is 6.31. The Morgan fingerprint density at radius 2 is 1.72 bits per heavy atom. The van der Waals surface area contributed by atoms with E-state index in [1.807, 2.05) is 66.7 Å². The summed E-state index contributed by atoms with van der Waals surface area (Å²) in [7, 11) is 0. The number of rotatable bonds is 8. The van der Waals surface area contributed by atoms with E-state index < -0.39 is 17.7 Å². The van der Waals surface area contributed by atoms with Gasteiger partial charge in [-0.2, -0.15) is 0 Å². The molecule has 1 aliphatic heterocycles. The van der Waals surface area contributed by atoms with Crippen LogP contribution in [-0.4, -0.2) is 40.3 Å². The first-order valence-electron chi connectivity index (χ1n) is 12.6. The van der Waals surface area contributed by atoms with E-state index in [9.17, 15) is 19.8 Å². The Balaban J connectivity index is 1.42. The van der Waals surface area contributed by atoms with Gasteiger partial charge in [-0.15, -0.1) is 0 Å². The highest BCUT2D eigenvalue weighted by atomic mass is 35.5. The normalized spacial score (nSPS) is 15.0. The number of carboxylic acid groups (broad SMARTS) is 2. The second-order valence-corrected chi connectivity index (χ2v) is 9.75. The van der Waals surface area contributed by atoms with Gasteiger partial charge >= 0.3 is 11.9 Å². The molecule has 1 saturated heterocycles. The van der Waals surface area contributed by atoms with Gasteiger partial charge in [-0.05, 0) is 72.5 Å². The van der Waals surface area contributed by atoms with Crippen LogP contribution in [0.15, 0.2) is 72.8 Å². The van der Waals surface area contributed by atoms with Crippen LogP contribution in [0.2, 0.25) is 5.02 Å². The summed E-state index contributed by atoms with van der Waals surface area (Å²) in [6.07, 6.45) is 5.19. The molecule has 0 amide bonds. The number of aromatic carboxylic acids is 2. The summed E-state index contributed by atoms with van der Waals surface area (Å²) in [6, 6.07) is 21.4. The topological polar surface area (TPSA) is 106 Å². The zero-order valence-electron chi connectivity index (χ0n) is 21.0. The average Bonchev–Trinajstić information content (AvgIpc) is 2.95. The van der Waals surface area contributed by atoms with Gasteiger partial charge in [0.05, 0.1) is 35.6 Å². The minimum absolute atomic E-state index is 0.0336. The number of ether oxygens (including phenoxy) is 2. The fourth-order valence-corrected chi connectivity index (χ4v) is 4.90. The highest BCUT2D eigenvalue weighted by Gasteiger charge is 2.37. The molecule has 2 heterocycles. The molecule has 4 aromatic rings. The van der Waals surface area contributed by atoms with Crippen LogP contribution < -0.4 is 0 Å². The van der Waals surface area contributed by atoms with Crippen LogP contribution in [0.4, 0.5) is 0 Å². The van der Waals surface area contributed by atoms with Crippen LogP contribution in [-0.2, 0) is 21.7 Å². The predicted octanol–water partition coefficient (Wildman–Crippen LogP) is 6.68. The Labute approximate surface area is 230 Å². The lowest BCUT2D eigenvalue weighted by Gasteiger charge is -2.38. The third kappa shape index (κ3) is 6.01. The predicted molar refractivity (Wildman–Crippen MR) is 149 cm³/mol. The lowest BCUT2D eigenvalue weighted by Crippen LogP contribution is -2.38. The number of fused-ring (bicyclic) bond motifs is 1. The summed E-state index contributed by atoms with van der Waals surface area (Å²) in [5.41, 5.74) is 3.82. The zero-order chi connectivity index (χ0) is 27.4. The standard InChI is InChI=1S/C31H26ClNO6/c32-25-9-6-21-7-11-26(33-28(21)19-25)10-5-20-3-1-4-24(17-20)31(38-15-2-16-39-31)14-13-22-18-23(29(34)35)8-12-27(22)30(36)37/h1,3-12,17-19H,2,13-16H2,(H,34,35)(H,36,37)/b10-5+. The fourth-order valence-electron chi connectivity index (χ4n) is 4.73. The molecule has 8 heteroatoms. The van der Waals surface area contributed by atoms with Crippen molar-refractivity contribution in [1.82, 2.24) is 4.98 Å². The SMILES string of the molecule is O=C(O)c1ccc(C(=O)O)c(CCC2(c3cccc(/C=C/c4ccc5ccc(Cl)cc5n4)c3)OCCCO2)c1. The number of aromatic nitrogens is 1. The summed E-state index contributed by atoms with van der Waals surface area (Å²) < 4.78 is 12.4. The van der Waals surface area contributed by atoms with Gasteiger partial charge in [0, 0.05) is 22.4 Å². The van der Waals surface area contributed by atoms with Gasteiger partial charge in [0.2, 0.25) is 0 Å². The summed E-state index contributed by atoms with van der Waals surface area (Å²) in [6.45, 7) is 0.981. The minimum atomic E-state index is -1.11. The molecule has 0 bridgehead atoms. The monoisotopic (exact) mass is 543 g/mol. The molecule has 0 unspecified atom stereocenters. The van der Waals surface area contributed by atoms with Crippen LogP contribution in [0.5, 0.6) is 0 Å². The third-order valence-electron chi connectivity index (χ3n) is 6.71. The van der Waals surface area contributed by atoms with Gasteiger partial charge in [0.25, 0.3) is 0 Å². The molecule has 0 spiro atoms. The molecule has 1 aromatic heterocycles. The first kappa shape index (κ1) is 26.6. The smallest absolute Gasteiger partial charge is 0.335 e. The molecule has 1 aliphatic rings. The molecule has 1 fully saturated rings. The van der Waals surface area contributed by atoms with Crippen molar-refractivity contribution in [3.63, 3.8) is 0 Å². The summed E-state index contributed by atoms with van der Waals surface area (Å²) in [5, 5.41) is 20.7. The van der Waals surface area contributed by atoms with Gasteiger partial charge in [-0.1, -0.05) is 48.0 Å². The third-order valence-corrected chi connectivity index (χ3v) is 6.95. The van der Waals surface area contributed by atoms with Gasteiger partial charge in [-0.25, -0.2) is 14.6 Å². The van der Waals surface area contributed by atoms with E-state index in [0.717, 1.165) is 34.1 Å². The van der Waals surface area contributed by atoms with E-state index in [1.165, 1.54) is 18.2 Å². The van der Waals surface area contributed by atoms with E-state index in [4.69, 9.17) is 21.1 Å². The van der Waals surface area contributed by atoms with Crippen molar-refractivity contribution in [2.24, 2.45) is 0 Å². The summed E-state index contributed by atoms with van der Waals surface area (Å²) in [4.78, 5) is 28.0. The Bertz CT molecular complexity index is 1570. The first-order valence-corrected chi connectivity index (χ1v) is 12.9. The molecule has 198 valence electrons.